The Morgan fingerprint density at radius 2 is 2.00 bits per heavy atom. The second-order valence-corrected chi connectivity index (χ2v) is 6.62. The molecule has 0 radical (unpaired) electrons. The van der Waals surface area contributed by atoms with Crippen LogP contribution in [0.25, 0.3) is 0 Å². The van der Waals surface area contributed by atoms with Crippen LogP contribution in [0.15, 0.2) is 39.4 Å². The summed E-state index contributed by atoms with van der Waals surface area (Å²) in [6, 6.07) is 9.46. The van der Waals surface area contributed by atoms with E-state index in [9.17, 15) is 4.79 Å². The zero-order chi connectivity index (χ0) is 18.8. The Morgan fingerprint density at radius 3 is 2.74 bits per heavy atom. The highest BCUT2D eigenvalue weighted by molar-refractivity contribution is 5.96. The minimum atomic E-state index is -0.0729. The summed E-state index contributed by atoms with van der Waals surface area (Å²) >= 11 is 0. The number of ether oxygens (including phenoxy) is 1. The molecule has 0 N–H and O–H groups in total. The monoisotopic (exact) mass is 368 g/mol. The van der Waals surface area contributed by atoms with Crippen molar-refractivity contribution in [2.24, 2.45) is 0 Å². The van der Waals surface area contributed by atoms with Gasteiger partial charge in [0.2, 0.25) is 5.89 Å². The van der Waals surface area contributed by atoms with Crippen molar-refractivity contribution >= 4 is 5.91 Å². The lowest BCUT2D eigenvalue weighted by molar-refractivity contribution is 0.0693. The summed E-state index contributed by atoms with van der Waals surface area (Å²) in [6.45, 7) is 4.72. The van der Waals surface area contributed by atoms with E-state index in [2.05, 4.69) is 15.3 Å². The number of aryl methyl sites for hydroxylation is 2. The van der Waals surface area contributed by atoms with Crippen LogP contribution in [0.5, 0.6) is 11.8 Å². The van der Waals surface area contributed by atoms with Gasteiger partial charge in [0.15, 0.2) is 0 Å². The first-order valence-electron chi connectivity index (χ1n) is 8.90. The van der Waals surface area contributed by atoms with Gasteiger partial charge in [0.05, 0.1) is 11.6 Å². The fourth-order valence-electron chi connectivity index (χ4n) is 3.33. The molecule has 1 aliphatic heterocycles. The van der Waals surface area contributed by atoms with Crippen molar-refractivity contribution in [1.29, 1.82) is 0 Å². The molecule has 1 aromatic carbocycles. The molecular weight excluding hydrogens is 348 g/mol. The summed E-state index contributed by atoms with van der Waals surface area (Å²) in [5.74, 6) is 1.57. The summed E-state index contributed by atoms with van der Waals surface area (Å²) < 4.78 is 16.1. The summed E-state index contributed by atoms with van der Waals surface area (Å²) in [5, 5.41) is 7.77. The topological polar surface area (TPSA) is 94.5 Å². The number of hydrogen-bond donors (Lipinski definition) is 0. The molecule has 1 amide bonds. The third-order valence-corrected chi connectivity index (χ3v) is 4.68. The molecule has 1 atom stereocenters. The molecule has 0 saturated carbocycles. The normalized spacial score (nSPS) is 17.1. The van der Waals surface area contributed by atoms with E-state index in [1.165, 1.54) is 0 Å². The number of amides is 1. The fourth-order valence-corrected chi connectivity index (χ4v) is 3.33. The zero-order valence-electron chi connectivity index (χ0n) is 15.2. The van der Waals surface area contributed by atoms with Gasteiger partial charge >= 0.3 is 6.01 Å². The quantitative estimate of drug-likeness (QED) is 0.695. The number of carbonyl (C=O) groups is 1. The first-order valence-corrected chi connectivity index (χ1v) is 8.90. The van der Waals surface area contributed by atoms with Crippen molar-refractivity contribution in [1.82, 2.24) is 20.2 Å². The standard InChI is InChI=1S/C19H20N4O4/c1-12-16(13(2)26-21-12)18(24)23-10-6-7-14(11-23)17-20-19(22-27-17)25-15-8-4-3-5-9-15/h3-5,8-9,14H,6-7,10-11H2,1-2H3. The van der Waals surface area contributed by atoms with E-state index in [0.29, 0.717) is 41.7 Å². The van der Waals surface area contributed by atoms with Crippen molar-refractivity contribution in [3.63, 3.8) is 0 Å². The second kappa shape index (κ2) is 7.22. The molecule has 4 rings (SSSR count). The highest BCUT2D eigenvalue weighted by Gasteiger charge is 2.31. The van der Waals surface area contributed by atoms with Crippen LogP contribution in [0, 0.1) is 13.8 Å². The van der Waals surface area contributed by atoms with Crippen molar-refractivity contribution in [2.75, 3.05) is 13.1 Å². The van der Waals surface area contributed by atoms with Crippen LogP contribution in [0.3, 0.4) is 0 Å². The van der Waals surface area contributed by atoms with Gasteiger partial charge in [0.1, 0.15) is 17.1 Å². The molecule has 3 aromatic rings. The zero-order valence-corrected chi connectivity index (χ0v) is 15.2. The Bertz CT molecular complexity index is 915. The van der Waals surface area contributed by atoms with Gasteiger partial charge in [0, 0.05) is 13.1 Å². The Hall–Kier alpha value is -3.16. The average Bonchev–Trinajstić information content (AvgIpc) is 3.29. The number of rotatable bonds is 4. The van der Waals surface area contributed by atoms with Gasteiger partial charge in [-0.1, -0.05) is 23.4 Å². The van der Waals surface area contributed by atoms with E-state index in [4.69, 9.17) is 13.8 Å². The van der Waals surface area contributed by atoms with Gasteiger partial charge in [-0.05, 0) is 44.0 Å². The molecule has 1 aliphatic rings. The smallest absolute Gasteiger partial charge is 0.359 e. The molecule has 0 bridgehead atoms. The molecule has 8 nitrogen and oxygen atoms in total. The van der Waals surface area contributed by atoms with E-state index >= 15 is 0 Å². The van der Waals surface area contributed by atoms with Crippen LogP contribution < -0.4 is 4.74 Å². The Morgan fingerprint density at radius 1 is 1.19 bits per heavy atom. The van der Waals surface area contributed by atoms with Crippen molar-refractivity contribution in [3.8, 4) is 11.8 Å². The SMILES string of the molecule is Cc1noc(C)c1C(=O)N1CCCC(c2nc(Oc3ccccc3)no2)C1. The molecule has 1 fully saturated rings. The van der Waals surface area contributed by atoms with Gasteiger partial charge < -0.3 is 18.7 Å². The van der Waals surface area contributed by atoms with Gasteiger partial charge in [-0.25, -0.2) is 0 Å². The molecule has 3 heterocycles. The van der Waals surface area contributed by atoms with Crippen molar-refractivity contribution < 1.29 is 18.6 Å². The van der Waals surface area contributed by atoms with Gasteiger partial charge in [-0.3, -0.25) is 4.79 Å². The van der Waals surface area contributed by atoms with Crippen LogP contribution in [-0.4, -0.2) is 39.2 Å². The second-order valence-electron chi connectivity index (χ2n) is 6.62. The number of likely N-dealkylation sites (tertiary alicyclic amines) is 1. The lowest BCUT2D eigenvalue weighted by atomic mass is 9.97. The summed E-state index contributed by atoms with van der Waals surface area (Å²) in [7, 11) is 0. The van der Waals surface area contributed by atoms with Gasteiger partial charge in [0.25, 0.3) is 5.91 Å². The predicted octanol–water partition coefficient (Wildman–Crippen LogP) is 3.49. The third kappa shape index (κ3) is 3.55. The average molecular weight is 368 g/mol. The number of nitrogens with zero attached hydrogens (tertiary/aromatic N) is 4. The number of carbonyl (C=O) groups excluding carboxylic acids is 1. The minimum absolute atomic E-state index is 0.0243. The molecule has 0 aliphatic carbocycles. The third-order valence-electron chi connectivity index (χ3n) is 4.68. The fraction of sp³-hybridized carbons (Fsp3) is 0.368. The van der Waals surface area contributed by atoms with E-state index in [-0.39, 0.29) is 17.8 Å². The first kappa shape index (κ1) is 17.3. The molecule has 1 unspecified atom stereocenters. The molecule has 0 spiro atoms. The molecule has 2 aromatic heterocycles. The Kier molecular flexibility index (Phi) is 4.62. The lowest BCUT2D eigenvalue weighted by Gasteiger charge is -2.30. The predicted molar refractivity (Wildman–Crippen MR) is 94.7 cm³/mol. The lowest BCUT2D eigenvalue weighted by Crippen LogP contribution is -2.39. The molecule has 140 valence electrons. The highest BCUT2D eigenvalue weighted by Crippen LogP contribution is 2.29. The van der Waals surface area contributed by atoms with Crippen molar-refractivity contribution in [2.45, 2.75) is 32.6 Å². The summed E-state index contributed by atoms with van der Waals surface area (Å²) in [5.41, 5.74) is 1.14. The van der Waals surface area contributed by atoms with Gasteiger partial charge in [-0.2, -0.15) is 4.98 Å². The van der Waals surface area contributed by atoms with Crippen LogP contribution in [0.4, 0.5) is 0 Å². The number of piperidine rings is 1. The van der Waals surface area contributed by atoms with E-state index in [0.717, 1.165) is 12.8 Å². The van der Waals surface area contributed by atoms with Crippen molar-refractivity contribution in [3.05, 3.63) is 53.2 Å². The molecule has 1 saturated heterocycles. The summed E-state index contributed by atoms with van der Waals surface area (Å²) in [6.07, 6.45) is 1.73. The van der Waals surface area contributed by atoms with E-state index < -0.39 is 0 Å². The van der Waals surface area contributed by atoms with Crippen LogP contribution >= 0.6 is 0 Å². The van der Waals surface area contributed by atoms with Crippen LogP contribution in [0.1, 0.15) is 46.5 Å². The Labute approximate surface area is 156 Å². The minimum Gasteiger partial charge on any atom is -0.422 e. The number of hydrogen-bond acceptors (Lipinski definition) is 7. The molecule has 8 heteroatoms. The maximum absolute atomic E-state index is 12.9. The van der Waals surface area contributed by atoms with Gasteiger partial charge in [-0.15, -0.1) is 0 Å². The number of aromatic nitrogens is 3. The number of benzene rings is 1. The van der Waals surface area contributed by atoms with E-state index in [1.54, 1.807) is 18.7 Å². The maximum Gasteiger partial charge on any atom is 0.359 e. The first-order chi connectivity index (χ1) is 13.1. The molecule has 27 heavy (non-hydrogen) atoms. The molecular formula is C19H20N4O4. The maximum atomic E-state index is 12.9. The number of para-hydroxylation sites is 1. The van der Waals surface area contributed by atoms with E-state index in [1.807, 2.05) is 30.3 Å². The van der Waals surface area contributed by atoms with Crippen LogP contribution in [-0.2, 0) is 0 Å². The highest BCUT2D eigenvalue weighted by atomic mass is 16.6. The largest absolute Gasteiger partial charge is 0.422 e. The summed E-state index contributed by atoms with van der Waals surface area (Å²) in [4.78, 5) is 19.0. The van der Waals surface area contributed by atoms with Crippen LogP contribution in [0.2, 0.25) is 0 Å². The Balaban J connectivity index is 1.46.